The summed E-state index contributed by atoms with van der Waals surface area (Å²) in [5.41, 5.74) is 2.40. The van der Waals surface area contributed by atoms with E-state index in [0.717, 1.165) is 61.7 Å². The number of hydrogen-bond donors (Lipinski definition) is 1. The van der Waals surface area contributed by atoms with Gasteiger partial charge in [-0.25, -0.2) is 0 Å². The van der Waals surface area contributed by atoms with Gasteiger partial charge in [-0.3, -0.25) is 9.69 Å². The second kappa shape index (κ2) is 11.2. The fourth-order valence-corrected chi connectivity index (χ4v) is 4.04. The van der Waals surface area contributed by atoms with E-state index in [2.05, 4.69) is 28.4 Å². The van der Waals surface area contributed by atoms with Gasteiger partial charge in [-0.2, -0.15) is 0 Å². The molecule has 0 saturated carbocycles. The average molecular weight is 415 g/mol. The Bertz CT molecular complexity index is 779. The summed E-state index contributed by atoms with van der Waals surface area (Å²) in [5.74, 6) is 1.15. The summed E-state index contributed by atoms with van der Waals surface area (Å²) in [6, 6.07) is 16.2. The lowest BCUT2D eigenvalue weighted by Crippen LogP contribution is -2.43. The van der Waals surface area contributed by atoms with E-state index in [4.69, 9.17) is 16.3 Å². The third kappa shape index (κ3) is 6.76. The Kier molecular flexibility index (Phi) is 8.38. The Balaban J connectivity index is 1.39. The molecule has 0 unspecified atom stereocenters. The zero-order valence-corrected chi connectivity index (χ0v) is 18.0. The first kappa shape index (κ1) is 21.7. The van der Waals surface area contributed by atoms with Crippen molar-refractivity contribution in [2.75, 3.05) is 26.2 Å². The van der Waals surface area contributed by atoms with Crippen molar-refractivity contribution in [1.82, 2.24) is 10.2 Å². The van der Waals surface area contributed by atoms with Gasteiger partial charge in [-0.05, 0) is 68.5 Å². The predicted octanol–water partition coefficient (Wildman–Crippen LogP) is 4.70. The second-order valence-electron chi connectivity index (χ2n) is 7.64. The molecule has 156 valence electrons. The summed E-state index contributed by atoms with van der Waals surface area (Å²) in [4.78, 5) is 15.0. The van der Waals surface area contributed by atoms with Crippen molar-refractivity contribution >= 4 is 17.5 Å². The van der Waals surface area contributed by atoms with Crippen LogP contribution in [0.2, 0.25) is 5.02 Å². The van der Waals surface area contributed by atoms with Crippen LogP contribution in [-0.2, 0) is 17.8 Å². The molecule has 5 heteroatoms. The van der Waals surface area contributed by atoms with Crippen LogP contribution in [0.15, 0.2) is 48.5 Å². The van der Waals surface area contributed by atoms with Crippen molar-refractivity contribution in [3.63, 3.8) is 0 Å². The molecule has 1 aliphatic heterocycles. The molecule has 0 aromatic heterocycles. The molecule has 29 heavy (non-hydrogen) atoms. The van der Waals surface area contributed by atoms with Crippen molar-refractivity contribution in [1.29, 1.82) is 0 Å². The summed E-state index contributed by atoms with van der Waals surface area (Å²) in [7, 11) is 0. The van der Waals surface area contributed by atoms with Crippen LogP contribution in [0, 0.1) is 5.92 Å². The van der Waals surface area contributed by atoms with Crippen LogP contribution in [0.25, 0.3) is 0 Å². The van der Waals surface area contributed by atoms with Crippen LogP contribution >= 0.6 is 11.6 Å². The average Bonchev–Trinajstić information content (AvgIpc) is 2.74. The van der Waals surface area contributed by atoms with Crippen LogP contribution in [0.3, 0.4) is 0 Å². The summed E-state index contributed by atoms with van der Waals surface area (Å²) in [6.07, 6.45) is 3.91. The highest BCUT2D eigenvalue weighted by atomic mass is 35.5. The largest absolute Gasteiger partial charge is 0.494 e. The molecule has 4 nitrogen and oxygen atoms in total. The standard InChI is InChI=1S/C24H31ClN2O2/c1-2-29-22-13-11-19(12-14-22)7-5-15-26-24(28)21-9-6-16-27(18-21)17-20-8-3-4-10-23(20)25/h3-4,8,10-14,21H,2,5-7,9,15-18H2,1H3,(H,26,28)/t21-/m1/s1. The molecule has 1 fully saturated rings. The van der Waals surface area contributed by atoms with Gasteiger partial charge >= 0.3 is 0 Å². The number of piperidine rings is 1. The third-order valence-corrected chi connectivity index (χ3v) is 5.77. The molecule has 1 saturated heterocycles. The van der Waals surface area contributed by atoms with Crippen LogP contribution < -0.4 is 10.1 Å². The first-order chi connectivity index (χ1) is 14.2. The molecule has 2 aromatic carbocycles. The number of carbonyl (C=O) groups is 1. The topological polar surface area (TPSA) is 41.6 Å². The van der Waals surface area contributed by atoms with Gasteiger partial charge in [0.2, 0.25) is 5.91 Å². The van der Waals surface area contributed by atoms with Gasteiger partial charge in [-0.1, -0.05) is 41.9 Å². The smallest absolute Gasteiger partial charge is 0.224 e. The van der Waals surface area contributed by atoms with Gasteiger partial charge in [-0.15, -0.1) is 0 Å². The minimum absolute atomic E-state index is 0.0664. The molecule has 2 aromatic rings. The van der Waals surface area contributed by atoms with Crippen LogP contribution in [0.1, 0.15) is 37.3 Å². The maximum atomic E-state index is 12.6. The minimum Gasteiger partial charge on any atom is -0.494 e. The molecule has 1 amide bonds. The van der Waals surface area contributed by atoms with Crippen LogP contribution in [0.4, 0.5) is 0 Å². The number of benzene rings is 2. The summed E-state index contributed by atoms with van der Waals surface area (Å²) >= 11 is 6.29. The highest BCUT2D eigenvalue weighted by Gasteiger charge is 2.25. The molecule has 1 aliphatic rings. The number of hydrogen-bond acceptors (Lipinski definition) is 3. The lowest BCUT2D eigenvalue weighted by molar-refractivity contribution is -0.126. The van der Waals surface area contributed by atoms with Crippen LogP contribution in [-0.4, -0.2) is 37.0 Å². The fraction of sp³-hybridized carbons (Fsp3) is 0.458. The quantitative estimate of drug-likeness (QED) is 0.604. The number of halogens is 1. The predicted molar refractivity (Wildman–Crippen MR) is 118 cm³/mol. The Morgan fingerprint density at radius 3 is 2.76 bits per heavy atom. The van der Waals surface area contributed by atoms with Crippen molar-refractivity contribution in [3.05, 3.63) is 64.7 Å². The Labute approximate surface area is 179 Å². The van der Waals surface area contributed by atoms with E-state index in [-0.39, 0.29) is 11.8 Å². The lowest BCUT2D eigenvalue weighted by Gasteiger charge is -2.32. The number of ether oxygens (including phenoxy) is 1. The number of rotatable bonds is 9. The number of nitrogens with zero attached hydrogens (tertiary/aromatic N) is 1. The van der Waals surface area contributed by atoms with E-state index in [1.165, 1.54) is 5.56 Å². The van der Waals surface area contributed by atoms with E-state index in [1.807, 2.05) is 37.3 Å². The molecule has 0 bridgehead atoms. The van der Waals surface area contributed by atoms with E-state index < -0.39 is 0 Å². The Morgan fingerprint density at radius 2 is 2.00 bits per heavy atom. The summed E-state index contributed by atoms with van der Waals surface area (Å²) < 4.78 is 5.47. The Hall–Kier alpha value is -2.04. The van der Waals surface area contributed by atoms with Crippen LogP contribution in [0.5, 0.6) is 5.75 Å². The van der Waals surface area contributed by atoms with E-state index in [1.54, 1.807) is 0 Å². The van der Waals surface area contributed by atoms with Gasteiger partial charge in [0.15, 0.2) is 0 Å². The summed E-state index contributed by atoms with van der Waals surface area (Å²) in [5, 5.41) is 3.93. The maximum Gasteiger partial charge on any atom is 0.224 e. The van der Waals surface area contributed by atoms with Gasteiger partial charge in [0.1, 0.15) is 5.75 Å². The second-order valence-corrected chi connectivity index (χ2v) is 8.04. The number of aryl methyl sites for hydroxylation is 1. The molecule has 1 N–H and O–H groups in total. The molecule has 1 heterocycles. The molecular weight excluding hydrogens is 384 g/mol. The highest BCUT2D eigenvalue weighted by molar-refractivity contribution is 6.31. The number of carbonyl (C=O) groups excluding carboxylic acids is 1. The Morgan fingerprint density at radius 1 is 1.21 bits per heavy atom. The first-order valence-corrected chi connectivity index (χ1v) is 11.0. The lowest BCUT2D eigenvalue weighted by atomic mass is 9.96. The monoisotopic (exact) mass is 414 g/mol. The molecule has 0 spiro atoms. The molecule has 0 aliphatic carbocycles. The molecule has 0 radical (unpaired) electrons. The minimum atomic E-state index is 0.0664. The number of nitrogens with one attached hydrogen (secondary N) is 1. The zero-order valence-electron chi connectivity index (χ0n) is 17.2. The van der Waals surface area contributed by atoms with E-state index in [9.17, 15) is 4.79 Å². The van der Waals surface area contributed by atoms with E-state index in [0.29, 0.717) is 13.2 Å². The van der Waals surface area contributed by atoms with Gasteiger partial charge in [0.25, 0.3) is 0 Å². The highest BCUT2D eigenvalue weighted by Crippen LogP contribution is 2.22. The van der Waals surface area contributed by atoms with Gasteiger partial charge < -0.3 is 10.1 Å². The summed E-state index contributed by atoms with van der Waals surface area (Å²) in [6.45, 7) is 6.01. The molecular formula is C24H31ClN2O2. The van der Waals surface area contributed by atoms with Crippen molar-refractivity contribution in [2.24, 2.45) is 5.92 Å². The fourth-order valence-electron chi connectivity index (χ4n) is 3.85. The molecule has 1 atom stereocenters. The molecule has 3 rings (SSSR count). The van der Waals surface area contributed by atoms with Crippen molar-refractivity contribution < 1.29 is 9.53 Å². The zero-order chi connectivity index (χ0) is 20.5. The normalized spacial score (nSPS) is 17.1. The van der Waals surface area contributed by atoms with Crippen molar-refractivity contribution in [2.45, 2.75) is 39.2 Å². The maximum absolute atomic E-state index is 12.6. The number of amides is 1. The number of likely N-dealkylation sites (tertiary alicyclic amines) is 1. The van der Waals surface area contributed by atoms with Gasteiger partial charge in [0, 0.05) is 24.7 Å². The SMILES string of the molecule is CCOc1ccc(CCCNC(=O)[C@@H]2CCCN(Cc3ccccc3Cl)C2)cc1. The first-order valence-electron chi connectivity index (χ1n) is 10.6. The third-order valence-electron chi connectivity index (χ3n) is 5.40. The van der Waals surface area contributed by atoms with E-state index >= 15 is 0 Å². The van der Waals surface area contributed by atoms with Crippen molar-refractivity contribution in [3.8, 4) is 5.75 Å². The van der Waals surface area contributed by atoms with Gasteiger partial charge in [0.05, 0.1) is 12.5 Å².